The number of aliphatic hydroxyl groups excluding tert-OH is 2. The summed E-state index contributed by atoms with van der Waals surface area (Å²) in [7, 11) is 0. The summed E-state index contributed by atoms with van der Waals surface area (Å²) in [6, 6.07) is 7.48. The van der Waals surface area contributed by atoms with Gasteiger partial charge in [-0.2, -0.15) is 0 Å². The van der Waals surface area contributed by atoms with Crippen LogP contribution in [0.15, 0.2) is 24.3 Å². The highest BCUT2D eigenvalue weighted by atomic mass is 35.5. The molecule has 0 radical (unpaired) electrons. The molecule has 0 aliphatic rings. The molecule has 5 heteroatoms. The Morgan fingerprint density at radius 1 is 1.33 bits per heavy atom. The van der Waals surface area contributed by atoms with Gasteiger partial charge in [-0.1, -0.05) is 29.8 Å². The molecule has 0 fully saturated rings. The molecule has 102 valence electrons. The number of nitrogens with one attached hydrogen (secondary N) is 1. The van der Waals surface area contributed by atoms with Gasteiger partial charge in [0.2, 0.25) is 0 Å². The molecule has 3 N–H and O–H groups in total. The molecule has 4 nitrogen and oxygen atoms in total. The summed E-state index contributed by atoms with van der Waals surface area (Å²) in [5.41, 5.74) is 0.916. The lowest BCUT2D eigenvalue weighted by atomic mass is 10.2. The smallest absolute Gasteiger partial charge is 0.0897 e. The van der Waals surface area contributed by atoms with Crippen molar-refractivity contribution >= 4 is 11.6 Å². The average molecular weight is 274 g/mol. The molecule has 1 aromatic rings. The number of benzene rings is 1. The van der Waals surface area contributed by atoms with Gasteiger partial charge in [0.05, 0.1) is 19.3 Å². The van der Waals surface area contributed by atoms with E-state index in [2.05, 4.69) is 5.32 Å². The van der Waals surface area contributed by atoms with Crippen LogP contribution in [-0.2, 0) is 11.3 Å². The molecular weight excluding hydrogens is 254 g/mol. The molecule has 1 rings (SSSR count). The van der Waals surface area contributed by atoms with Crippen molar-refractivity contribution in [3.8, 4) is 0 Å². The molecule has 0 spiro atoms. The molecular formula is C13H20ClNO3. The summed E-state index contributed by atoms with van der Waals surface area (Å²) >= 11 is 5.98. The van der Waals surface area contributed by atoms with Crippen LogP contribution in [0.25, 0.3) is 0 Å². The lowest BCUT2D eigenvalue weighted by Gasteiger charge is -2.12. The van der Waals surface area contributed by atoms with E-state index in [4.69, 9.17) is 21.4 Å². The van der Waals surface area contributed by atoms with E-state index in [9.17, 15) is 5.11 Å². The number of halogens is 1. The molecule has 1 aromatic carbocycles. The van der Waals surface area contributed by atoms with Crippen molar-refractivity contribution in [3.05, 3.63) is 34.9 Å². The zero-order valence-electron chi connectivity index (χ0n) is 10.3. The van der Waals surface area contributed by atoms with Crippen LogP contribution in [-0.4, -0.2) is 42.6 Å². The van der Waals surface area contributed by atoms with Crippen molar-refractivity contribution in [1.29, 1.82) is 0 Å². The SMILES string of the molecule is OCCCNCC(O)COCc1ccccc1Cl. The van der Waals surface area contributed by atoms with Crippen LogP contribution in [0.4, 0.5) is 0 Å². The minimum absolute atomic E-state index is 0.159. The number of aliphatic hydroxyl groups is 2. The summed E-state index contributed by atoms with van der Waals surface area (Å²) < 4.78 is 5.40. The van der Waals surface area contributed by atoms with Gasteiger partial charge in [-0.05, 0) is 24.6 Å². The van der Waals surface area contributed by atoms with Gasteiger partial charge in [0.25, 0.3) is 0 Å². The highest BCUT2D eigenvalue weighted by Crippen LogP contribution is 2.15. The van der Waals surface area contributed by atoms with E-state index in [0.717, 1.165) is 5.56 Å². The maximum atomic E-state index is 9.61. The first-order valence-electron chi connectivity index (χ1n) is 6.05. The molecule has 1 unspecified atom stereocenters. The van der Waals surface area contributed by atoms with Gasteiger partial charge >= 0.3 is 0 Å². The van der Waals surface area contributed by atoms with E-state index < -0.39 is 6.10 Å². The summed E-state index contributed by atoms with van der Waals surface area (Å²) in [4.78, 5) is 0. The summed E-state index contributed by atoms with van der Waals surface area (Å²) in [5.74, 6) is 0. The van der Waals surface area contributed by atoms with Gasteiger partial charge in [-0.15, -0.1) is 0 Å². The summed E-state index contributed by atoms with van der Waals surface area (Å²) in [6.45, 7) is 1.97. The lowest BCUT2D eigenvalue weighted by Crippen LogP contribution is -2.31. The Labute approximate surface area is 113 Å². The van der Waals surface area contributed by atoms with Crippen LogP contribution in [0, 0.1) is 0 Å². The lowest BCUT2D eigenvalue weighted by molar-refractivity contribution is 0.0288. The number of ether oxygens (including phenoxy) is 1. The highest BCUT2D eigenvalue weighted by molar-refractivity contribution is 6.31. The predicted octanol–water partition coefficient (Wildman–Crippen LogP) is 1.19. The summed E-state index contributed by atoms with van der Waals surface area (Å²) in [6.07, 6.45) is 0.138. The molecule has 0 aromatic heterocycles. The fourth-order valence-corrected chi connectivity index (χ4v) is 1.64. The van der Waals surface area contributed by atoms with Crippen LogP contribution in [0.1, 0.15) is 12.0 Å². The van der Waals surface area contributed by atoms with E-state index in [-0.39, 0.29) is 13.2 Å². The molecule has 18 heavy (non-hydrogen) atoms. The van der Waals surface area contributed by atoms with E-state index in [1.54, 1.807) is 0 Å². The largest absolute Gasteiger partial charge is 0.396 e. The zero-order chi connectivity index (χ0) is 13.2. The van der Waals surface area contributed by atoms with Crippen molar-refractivity contribution in [3.63, 3.8) is 0 Å². The van der Waals surface area contributed by atoms with Gasteiger partial charge in [0.15, 0.2) is 0 Å². The Bertz CT molecular complexity index is 336. The fourth-order valence-electron chi connectivity index (χ4n) is 1.45. The maximum absolute atomic E-state index is 9.61. The maximum Gasteiger partial charge on any atom is 0.0897 e. The average Bonchev–Trinajstić information content (AvgIpc) is 2.37. The minimum Gasteiger partial charge on any atom is -0.396 e. The number of hydrogen-bond donors (Lipinski definition) is 3. The normalized spacial score (nSPS) is 12.6. The third-order valence-electron chi connectivity index (χ3n) is 2.42. The third-order valence-corrected chi connectivity index (χ3v) is 2.79. The Morgan fingerprint density at radius 2 is 2.11 bits per heavy atom. The highest BCUT2D eigenvalue weighted by Gasteiger charge is 2.05. The van der Waals surface area contributed by atoms with E-state index in [0.29, 0.717) is 31.1 Å². The van der Waals surface area contributed by atoms with Gasteiger partial charge in [0, 0.05) is 18.2 Å². The van der Waals surface area contributed by atoms with Gasteiger partial charge in [-0.3, -0.25) is 0 Å². The van der Waals surface area contributed by atoms with Crippen LogP contribution < -0.4 is 5.32 Å². The van der Waals surface area contributed by atoms with Crippen LogP contribution in [0.2, 0.25) is 5.02 Å². The predicted molar refractivity (Wildman–Crippen MR) is 71.7 cm³/mol. The van der Waals surface area contributed by atoms with Gasteiger partial charge < -0.3 is 20.3 Å². The molecule has 0 saturated carbocycles. The molecule has 0 saturated heterocycles. The van der Waals surface area contributed by atoms with E-state index in [1.807, 2.05) is 24.3 Å². The van der Waals surface area contributed by atoms with Crippen LogP contribution in [0.5, 0.6) is 0 Å². The van der Waals surface area contributed by atoms with Crippen molar-refractivity contribution < 1.29 is 14.9 Å². The molecule has 1 atom stereocenters. The second kappa shape index (κ2) is 9.30. The Balaban J connectivity index is 2.12. The first-order chi connectivity index (χ1) is 8.74. The molecule has 0 aliphatic heterocycles. The topological polar surface area (TPSA) is 61.7 Å². The van der Waals surface area contributed by atoms with Crippen LogP contribution >= 0.6 is 11.6 Å². The quantitative estimate of drug-likeness (QED) is 0.592. The van der Waals surface area contributed by atoms with Gasteiger partial charge in [0.1, 0.15) is 0 Å². The second-order valence-corrected chi connectivity index (χ2v) is 4.45. The third kappa shape index (κ3) is 6.33. The standard InChI is InChI=1S/C13H20ClNO3/c14-13-5-2-1-4-11(13)9-18-10-12(17)8-15-6-3-7-16/h1-2,4-5,12,15-17H,3,6-10H2. The Kier molecular flexibility index (Phi) is 7.96. The molecule has 0 amide bonds. The summed E-state index contributed by atoms with van der Waals surface area (Å²) in [5, 5.41) is 21.9. The van der Waals surface area contributed by atoms with Crippen LogP contribution in [0.3, 0.4) is 0 Å². The number of hydrogen-bond acceptors (Lipinski definition) is 4. The number of rotatable bonds is 9. The first-order valence-corrected chi connectivity index (χ1v) is 6.42. The first kappa shape index (κ1) is 15.4. The van der Waals surface area contributed by atoms with E-state index in [1.165, 1.54) is 0 Å². The minimum atomic E-state index is -0.550. The van der Waals surface area contributed by atoms with E-state index >= 15 is 0 Å². The Morgan fingerprint density at radius 3 is 2.83 bits per heavy atom. The van der Waals surface area contributed by atoms with Crippen molar-refractivity contribution in [1.82, 2.24) is 5.32 Å². The van der Waals surface area contributed by atoms with Crippen molar-refractivity contribution in [2.75, 3.05) is 26.3 Å². The molecule has 0 bridgehead atoms. The van der Waals surface area contributed by atoms with Crippen molar-refractivity contribution in [2.24, 2.45) is 0 Å². The zero-order valence-corrected chi connectivity index (χ0v) is 11.1. The van der Waals surface area contributed by atoms with Crippen molar-refractivity contribution in [2.45, 2.75) is 19.1 Å². The van der Waals surface area contributed by atoms with Gasteiger partial charge in [-0.25, -0.2) is 0 Å². The molecule has 0 heterocycles. The fraction of sp³-hybridized carbons (Fsp3) is 0.538. The second-order valence-electron chi connectivity index (χ2n) is 4.04. The molecule has 0 aliphatic carbocycles. The Hall–Kier alpha value is -0.650. The monoisotopic (exact) mass is 273 g/mol.